The van der Waals surface area contributed by atoms with E-state index in [1.54, 1.807) is 0 Å². The van der Waals surface area contributed by atoms with Gasteiger partial charge >= 0.3 is 0 Å². The van der Waals surface area contributed by atoms with Crippen molar-refractivity contribution in [1.29, 1.82) is 0 Å². The van der Waals surface area contributed by atoms with Crippen LogP contribution in [0.15, 0.2) is 188 Å². The molecule has 0 bridgehead atoms. The summed E-state index contributed by atoms with van der Waals surface area (Å²) in [5.41, 5.74) is 18.1. The molecule has 1 heterocycles. The van der Waals surface area contributed by atoms with Crippen LogP contribution >= 0.6 is 0 Å². The van der Waals surface area contributed by atoms with Crippen molar-refractivity contribution in [2.45, 2.75) is 5.41 Å². The van der Waals surface area contributed by atoms with Crippen LogP contribution in [-0.4, -0.2) is 4.98 Å². The van der Waals surface area contributed by atoms with Crippen LogP contribution in [0.4, 0.5) is 0 Å². The number of benzene rings is 7. The number of hydrogen-bond donors (Lipinski definition) is 0. The zero-order valence-corrected chi connectivity index (χ0v) is 26.8. The van der Waals surface area contributed by atoms with Crippen molar-refractivity contribution < 1.29 is 1.37 Å². The second kappa shape index (κ2) is 10.9. The smallest absolute Gasteiger partial charge is 0.0725 e. The molecule has 1 aromatic heterocycles. The van der Waals surface area contributed by atoms with Gasteiger partial charge in [0.1, 0.15) is 0 Å². The number of nitrogens with zero attached hydrogens (tertiary/aromatic N) is 1. The SMILES string of the molecule is [2H]c1cc(-c2ccccc2)cc(-c2cc(-c3ccccc3)nc(-c3cccc4c3-c3ccccc3C43c4ccccc4-c4ccccc43)c2)c1. The Bertz CT molecular complexity index is 2560. The van der Waals surface area contributed by atoms with E-state index in [0.29, 0.717) is 6.04 Å². The molecule has 10 rings (SSSR count). The van der Waals surface area contributed by atoms with Gasteiger partial charge in [0.05, 0.1) is 18.2 Å². The highest BCUT2D eigenvalue weighted by molar-refractivity contribution is 6.00. The third-order valence-corrected chi connectivity index (χ3v) is 10.4. The first kappa shape index (κ1) is 26.7. The first-order chi connectivity index (χ1) is 24.7. The fraction of sp³-hybridized carbons (Fsp3) is 0.0208. The van der Waals surface area contributed by atoms with E-state index in [-0.39, 0.29) is 0 Å². The Labute approximate surface area is 288 Å². The van der Waals surface area contributed by atoms with Gasteiger partial charge in [0, 0.05) is 11.1 Å². The highest BCUT2D eigenvalue weighted by atomic mass is 14.7. The predicted octanol–water partition coefficient (Wildman–Crippen LogP) is 12.1. The van der Waals surface area contributed by atoms with Crippen LogP contribution in [0.2, 0.25) is 0 Å². The minimum absolute atomic E-state index is 0.418. The first-order valence-corrected chi connectivity index (χ1v) is 16.9. The zero-order valence-electron chi connectivity index (χ0n) is 27.8. The van der Waals surface area contributed by atoms with Crippen LogP contribution in [0.25, 0.3) is 67.0 Å². The summed E-state index contributed by atoms with van der Waals surface area (Å²) in [6, 6.07) is 65.3. The molecule has 0 fully saturated rings. The average molecular weight is 623 g/mol. The van der Waals surface area contributed by atoms with Gasteiger partial charge in [-0.2, -0.15) is 0 Å². The Balaban J connectivity index is 1.25. The van der Waals surface area contributed by atoms with Gasteiger partial charge in [0.15, 0.2) is 0 Å². The zero-order chi connectivity index (χ0) is 33.2. The Morgan fingerprint density at radius 1 is 0.347 bits per heavy atom. The van der Waals surface area contributed by atoms with Crippen molar-refractivity contribution in [3.63, 3.8) is 0 Å². The molecular weight excluding hydrogens is 591 g/mol. The molecule has 0 saturated heterocycles. The summed E-state index contributed by atoms with van der Waals surface area (Å²) in [6.07, 6.45) is 0. The Hall–Kier alpha value is -6.31. The quantitative estimate of drug-likeness (QED) is 0.190. The molecule has 7 aromatic carbocycles. The first-order valence-electron chi connectivity index (χ1n) is 17.4. The molecule has 0 saturated carbocycles. The fourth-order valence-electron chi connectivity index (χ4n) is 8.39. The molecule has 0 aliphatic heterocycles. The normalized spacial score (nSPS) is 13.3. The fourth-order valence-corrected chi connectivity index (χ4v) is 8.39. The summed E-state index contributed by atoms with van der Waals surface area (Å²) < 4.78 is 8.79. The van der Waals surface area contributed by atoms with E-state index in [9.17, 15) is 0 Å². The van der Waals surface area contributed by atoms with Gasteiger partial charge in [-0.1, -0.05) is 170 Å². The average Bonchev–Trinajstić information content (AvgIpc) is 3.66. The molecule has 1 heteroatoms. The Morgan fingerprint density at radius 2 is 0.837 bits per heavy atom. The summed E-state index contributed by atoms with van der Waals surface area (Å²) in [4.78, 5) is 5.41. The number of pyridine rings is 1. The van der Waals surface area contributed by atoms with E-state index in [1.807, 2.05) is 36.4 Å². The molecule has 1 spiro atoms. The van der Waals surface area contributed by atoms with E-state index in [2.05, 4.69) is 146 Å². The van der Waals surface area contributed by atoms with Gasteiger partial charge in [-0.3, -0.25) is 0 Å². The van der Waals surface area contributed by atoms with Gasteiger partial charge in [-0.15, -0.1) is 0 Å². The molecule has 0 unspecified atom stereocenters. The Morgan fingerprint density at radius 3 is 1.51 bits per heavy atom. The van der Waals surface area contributed by atoms with Crippen LogP contribution < -0.4 is 0 Å². The molecule has 0 atom stereocenters. The minimum atomic E-state index is -0.418. The minimum Gasteiger partial charge on any atom is -0.248 e. The van der Waals surface area contributed by atoms with Crippen LogP contribution in [0.5, 0.6) is 0 Å². The predicted molar refractivity (Wildman–Crippen MR) is 202 cm³/mol. The number of fused-ring (bicyclic) bond motifs is 10. The van der Waals surface area contributed by atoms with Crippen molar-refractivity contribution >= 4 is 0 Å². The largest absolute Gasteiger partial charge is 0.248 e. The molecule has 2 aliphatic carbocycles. The van der Waals surface area contributed by atoms with E-state index >= 15 is 0 Å². The van der Waals surface area contributed by atoms with Gasteiger partial charge in [-0.05, 0) is 85.0 Å². The van der Waals surface area contributed by atoms with E-state index < -0.39 is 5.41 Å². The van der Waals surface area contributed by atoms with E-state index in [1.165, 1.54) is 44.5 Å². The Kier molecular flexibility index (Phi) is 5.93. The number of aromatic nitrogens is 1. The highest BCUT2D eigenvalue weighted by Gasteiger charge is 2.52. The van der Waals surface area contributed by atoms with Crippen LogP contribution in [0, 0.1) is 0 Å². The van der Waals surface area contributed by atoms with E-state index in [0.717, 1.165) is 44.8 Å². The van der Waals surface area contributed by atoms with Gasteiger partial charge in [0.2, 0.25) is 0 Å². The lowest BCUT2D eigenvalue weighted by Gasteiger charge is -2.30. The molecular formula is C48H31N. The maximum absolute atomic E-state index is 8.79. The summed E-state index contributed by atoms with van der Waals surface area (Å²) in [6.45, 7) is 0. The monoisotopic (exact) mass is 622 g/mol. The van der Waals surface area contributed by atoms with Gasteiger partial charge in [-0.25, -0.2) is 4.98 Å². The lowest BCUT2D eigenvalue weighted by molar-refractivity contribution is 0.794. The molecule has 0 N–H and O–H groups in total. The molecule has 8 aromatic rings. The summed E-state index contributed by atoms with van der Waals surface area (Å²) >= 11 is 0. The van der Waals surface area contributed by atoms with Gasteiger partial charge < -0.3 is 0 Å². The molecule has 2 aliphatic rings. The third-order valence-electron chi connectivity index (χ3n) is 10.4. The standard InChI is InChI=1S/C48H31N/c1-3-15-32(16-4-1)34-19-13-20-35(29-34)36-30-45(33-17-5-2-6-18-33)49-46(31-36)40-24-14-28-44-47(40)39-23-9-12-27-43(39)48(44)41-25-10-7-21-37(41)38-22-8-11-26-42(38)48/h1-31H/i13D. The second-order valence-electron chi connectivity index (χ2n) is 13.0. The molecule has 0 radical (unpaired) electrons. The van der Waals surface area contributed by atoms with Crippen LogP contribution in [-0.2, 0) is 5.41 Å². The third kappa shape index (κ3) is 4.09. The maximum Gasteiger partial charge on any atom is 0.0725 e. The second-order valence-corrected chi connectivity index (χ2v) is 13.0. The van der Waals surface area contributed by atoms with Crippen molar-refractivity contribution in [3.05, 3.63) is 210 Å². The molecule has 49 heavy (non-hydrogen) atoms. The molecule has 1 nitrogen and oxygen atoms in total. The van der Waals surface area contributed by atoms with Crippen molar-refractivity contribution in [3.8, 4) is 67.0 Å². The highest BCUT2D eigenvalue weighted by Crippen LogP contribution is 2.63. The summed E-state index contributed by atoms with van der Waals surface area (Å²) in [7, 11) is 0. The molecule has 228 valence electrons. The van der Waals surface area contributed by atoms with Crippen LogP contribution in [0.3, 0.4) is 0 Å². The maximum atomic E-state index is 8.79. The molecule has 0 amide bonds. The topological polar surface area (TPSA) is 12.9 Å². The van der Waals surface area contributed by atoms with E-state index in [4.69, 9.17) is 6.35 Å². The summed E-state index contributed by atoms with van der Waals surface area (Å²) in [5.74, 6) is 0. The summed E-state index contributed by atoms with van der Waals surface area (Å²) in [5, 5.41) is 0. The van der Waals surface area contributed by atoms with Crippen LogP contribution in [0.1, 0.15) is 23.6 Å². The van der Waals surface area contributed by atoms with Gasteiger partial charge in [0.25, 0.3) is 0 Å². The van der Waals surface area contributed by atoms with Crippen molar-refractivity contribution in [2.75, 3.05) is 0 Å². The van der Waals surface area contributed by atoms with Crippen molar-refractivity contribution in [2.24, 2.45) is 0 Å². The van der Waals surface area contributed by atoms with Crippen molar-refractivity contribution in [1.82, 2.24) is 4.98 Å². The lowest BCUT2D eigenvalue weighted by Crippen LogP contribution is -2.25. The number of hydrogen-bond acceptors (Lipinski definition) is 1. The lowest BCUT2D eigenvalue weighted by atomic mass is 9.70. The number of rotatable bonds is 4.